The summed E-state index contributed by atoms with van der Waals surface area (Å²) in [7, 11) is 0. The van der Waals surface area contributed by atoms with Crippen LogP contribution >= 0.6 is 11.8 Å². The molecule has 0 bridgehead atoms. The first-order valence-electron chi connectivity index (χ1n) is 14.7. The lowest BCUT2D eigenvalue weighted by molar-refractivity contribution is 0.605. The van der Waals surface area contributed by atoms with Gasteiger partial charge in [-0.2, -0.15) is 5.26 Å². The van der Waals surface area contributed by atoms with Crippen molar-refractivity contribution in [2.75, 3.05) is 0 Å². The summed E-state index contributed by atoms with van der Waals surface area (Å²) in [5.41, 5.74) is 11.8. The van der Waals surface area contributed by atoms with Crippen molar-refractivity contribution in [3.63, 3.8) is 0 Å². The van der Waals surface area contributed by atoms with E-state index in [0.717, 1.165) is 49.6 Å². The molecule has 5 aromatic carbocycles. The number of rotatable bonds is 2. The van der Waals surface area contributed by atoms with Crippen LogP contribution in [0, 0.1) is 11.3 Å². The van der Waals surface area contributed by atoms with Gasteiger partial charge in [0.1, 0.15) is 0 Å². The average molecular weight is 572 g/mol. The van der Waals surface area contributed by atoms with Gasteiger partial charge in [0.2, 0.25) is 0 Å². The highest BCUT2D eigenvalue weighted by Gasteiger charge is 2.37. The van der Waals surface area contributed by atoms with Crippen LogP contribution in [-0.2, 0) is 10.8 Å². The van der Waals surface area contributed by atoms with Crippen LogP contribution in [0.1, 0.15) is 55.5 Å². The Labute approximate surface area is 256 Å². The van der Waals surface area contributed by atoms with Crippen LogP contribution in [0.2, 0.25) is 0 Å². The zero-order valence-corrected chi connectivity index (χ0v) is 25.4. The summed E-state index contributed by atoms with van der Waals surface area (Å²) in [6.07, 6.45) is 0. The summed E-state index contributed by atoms with van der Waals surface area (Å²) in [5, 5.41) is 11.0. The van der Waals surface area contributed by atoms with Gasteiger partial charge in [-0.25, -0.2) is 9.97 Å². The van der Waals surface area contributed by atoms with Crippen LogP contribution in [0.3, 0.4) is 0 Å². The van der Waals surface area contributed by atoms with E-state index in [4.69, 9.17) is 9.97 Å². The predicted molar refractivity (Wildman–Crippen MR) is 175 cm³/mol. The third kappa shape index (κ3) is 3.75. The van der Waals surface area contributed by atoms with Crippen LogP contribution < -0.4 is 0 Å². The van der Waals surface area contributed by atoms with Crippen LogP contribution in [0.5, 0.6) is 0 Å². The standard InChI is InChI=1S/C39H29N3S/c1-38(2)29-13-7-5-11-26(29)28-20-24(16-18-30(28)38)37-41-32-14-8-6-12-27(32)36(42-37)23-17-19-33-31(21-23)39(3,4)35-25(22-40)10-9-15-34(35)43-33/h5-21H,1-4H3. The SMILES string of the molecule is CC1(C)c2ccccc2-c2cc(-c3nc(-c4ccc5c(c4)C(C)(C)c4c(C#N)cccc4S5)c4ccccc4n3)ccc21. The normalized spacial score (nSPS) is 15.2. The van der Waals surface area contributed by atoms with Crippen LogP contribution in [-0.4, -0.2) is 9.97 Å². The van der Waals surface area contributed by atoms with Crippen molar-refractivity contribution in [1.29, 1.82) is 5.26 Å². The fraction of sp³-hybridized carbons (Fsp3) is 0.154. The molecule has 0 amide bonds. The van der Waals surface area contributed by atoms with Crippen molar-refractivity contribution in [2.45, 2.75) is 48.3 Å². The van der Waals surface area contributed by atoms with E-state index in [9.17, 15) is 5.26 Å². The third-order valence-corrected chi connectivity index (χ3v) is 10.5. The predicted octanol–water partition coefficient (Wildman–Crippen LogP) is 9.93. The lowest BCUT2D eigenvalue weighted by Crippen LogP contribution is -2.25. The summed E-state index contributed by atoms with van der Waals surface area (Å²) >= 11 is 1.74. The minimum atomic E-state index is -0.329. The van der Waals surface area contributed by atoms with Crippen LogP contribution in [0.25, 0.3) is 44.7 Å². The summed E-state index contributed by atoms with van der Waals surface area (Å²) in [6, 6.07) is 38.8. The van der Waals surface area contributed by atoms with Gasteiger partial charge >= 0.3 is 0 Å². The number of aromatic nitrogens is 2. The van der Waals surface area contributed by atoms with Crippen molar-refractivity contribution >= 4 is 22.7 Å². The smallest absolute Gasteiger partial charge is 0.160 e. The molecule has 8 rings (SSSR count). The maximum atomic E-state index is 9.93. The van der Waals surface area contributed by atoms with E-state index in [1.165, 1.54) is 32.7 Å². The number of para-hydroxylation sites is 1. The molecule has 0 saturated heterocycles. The Bertz CT molecular complexity index is 2180. The zero-order chi connectivity index (χ0) is 29.5. The Kier molecular flexibility index (Phi) is 5.51. The molecule has 1 aromatic heterocycles. The van der Waals surface area contributed by atoms with Gasteiger partial charge in [0, 0.05) is 37.1 Å². The lowest BCUT2D eigenvalue weighted by atomic mass is 9.75. The molecule has 3 nitrogen and oxygen atoms in total. The first kappa shape index (κ1) is 25.9. The van der Waals surface area contributed by atoms with E-state index in [2.05, 4.69) is 119 Å². The highest BCUT2D eigenvalue weighted by atomic mass is 32.2. The molecule has 1 aliphatic heterocycles. The number of hydrogen-bond acceptors (Lipinski definition) is 4. The van der Waals surface area contributed by atoms with E-state index in [1.807, 2.05) is 18.2 Å². The number of benzene rings is 5. The topological polar surface area (TPSA) is 49.6 Å². The summed E-state index contributed by atoms with van der Waals surface area (Å²) in [6.45, 7) is 9.05. The third-order valence-electron chi connectivity index (χ3n) is 9.36. The molecule has 0 fully saturated rings. The number of nitrogens with zero attached hydrogens (tertiary/aromatic N) is 3. The molecule has 0 N–H and O–H groups in total. The van der Waals surface area contributed by atoms with Gasteiger partial charge < -0.3 is 0 Å². The van der Waals surface area contributed by atoms with E-state index >= 15 is 0 Å². The average Bonchev–Trinajstić information content (AvgIpc) is 3.26. The van der Waals surface area contributed by atoms with Crippen molar-refractivity contribution in [3.05, 3.63) is 131 Å². The highest BCUT2D eigenvalue weighted by molar-refractivity contribution is 7.99. The Hall–Kier alpha value is -4.72. The molecule has 1 aliphatic carbocycles. The fourth-order valence-corrected chi connectivity index (χ4v) is 8.56. The van der Waals surface area contributed by atoms with Crippen molar-refractivity contribution in [3.8, 4) is 39.8 Å². The summed E-state index contributed by atoms with van der Waals surface area (Å²) in [5.74, 6) is 0.724. The Morgan fingerprint density at radius 1 is 0.628 bits per heavy atom. The van der Waals surface area contributed by atoms with Gasteiger partial charge in [-0.15, -0.1) is 0 Å². The minimum absolute atomic E-state index is 0.0438. The van der Waals surface area contributed by atoms with Crippen LogP contribution in [0.15, 0.2) is 113 Å². The van der Waals surface area contributed by atoms with Gasteiger partial charge in [-0.3, -0.25) is 0 Å². The second kappa shape index (κ2) is 9.14. The molecular formula is C39H29N3S. The maximum absolute atomic E-state index is 9.93. The molecule has 6 aromatic rings. The zero-order valence-electron chi connectivity index (χ0n) is 24.6. The Balaban J connectivity index is 1.30. The second-order valence-electron chi connectivity index (χ2n) is 12.6. The van der Waals surface area contributed by atoms with E-state index < -0.39 is 0 Å². The molecule has 0 spiro atoms. The number of nitriles is 1. The number of fused-ring (bicyclic) bond motifs is 6. The molecule has 2 aliphatic rings. The first-order valence-corrected chi connectivity index (χ1v) is 15.5. The first-order chi connectivity index (χ1) is 20.8. The summed E-state index contributed by atoms with van der Waals surface area (Å²) < 4.78 is 0. The molecule has 206 valence electrons. The largest absolute Gasteiger partial charge is 0.228 e. The molecule has 43 heavy (non-hydrogen) atoms. The number of hydrogen-bond donors (Lipinski definition) is 0. The van der Waals surface area contributed by atoms with Crippen molar-refractivity contribution in [1.82, 2.24) is 9.97 Å². The molecule has 0 unspecified atom stereocenters. The van der Waals surface area contributed by atoms with Crippen molar-refractivity contribution in [2.24, 2.45) is 0 Å². The van der Waals surface area contributed by atoms with Gasteiger partial charge in [-0.05, 0) is 69.8 Å². The van der Waals surface area contributed by atoms with Gasteiger partial charge in [0.15, 0.2) is 5.82 Å². The van der Waals surface area contributed by atoms with Gasteiger partial charge in [0.25, 0.3) is 0 Å². The van der Waals surface area contributed by atoms with Gasteiger partial charge in [-0.1, -0.05) is 106 Å². The van der Waals surface area contributed by atoms with E-state index in [-0.39, 0.29) is 10.8 Å². The van der Waals surface area contributed by atoms with E-state index in [1.54, 1.807) is 11.8 Å². The fourth-order valence-electron chi connectivity index (χ4n) is 7.15. The van der Waals surface area contributed by atoms with Crippen LogP contribution in [0.4, 0.5) is 0 Å². The van der Waals surface area contributed by atoms with Gasteiger partial charge in [0.05, 0.1) is 22.8 Å². The Morgan fingerprint density at radius 3 is 2.26 bits per heavy atom. The molecule has 2 heterocycles. The maximum Gasteiger partial charge on any atom is 0.160 e. The summed E-state index contributed by atoms with van der Waals surface area (Å²) in [4.78, 5) is 12.7. The molecular weight excluding hydrogens is 543 g/mol. The van der Waals surface area contributed by atoms with Crippen molar-refractivity contribution < 1.29 is 0 Å². The lowest BCUT2D eigenvalue weighted by Gasteiger charge is -2.35. The quantitative estimate of drug-likeness (QED) is 0.208. The minimum Gasteiger partial charge on any atom is -0.228 e. The van der Waals surface area contributed by atoms with E-state index in [0.29, 0.717) is 0 Å². The molecule has 4 heteroatoms. The second-order valence-corrected chi connectivity index (χ2v) is 13.7. The Morgan fingerprint density at radius 2 is 1.40 bits per heavy atom. The molecule has 0 radical (unpaired) electrons. The highest BCUT2D eigenvalue weighted by Crippen LogP contribution is 2.52. The monoisotopic (exact) mass is 571 g/mol. The molecule has 0 saturated carbocycles. The molecule has 0 atom stereocenters.